The molecule has 1 fully saturated rings. The summed E-state index contributed by atoms with van der Waals surface area (Å²) in [7, 11) is 3.86. The van der Waals surface area contributed by atoms with Crippen molar-refractivity contribution < 1.29 is 4.79 Å². The van der Waals surface area contributed by atoms with Crippen molar-refractivity contribution in [2.24, 2.45) is 5.92 Å². The quantitative estimate of drug-likeness (QED) is 0.894. The number of carbonyl (C=O) groups excluding carboxylic acids is 1. The highest BCUT2D eigenvalue weighted by molar-refractivity contribution is 5.78. The van der Waals surface area contributed by atoms with Gasteiger partial charge in [0.15, 0.2) is 0 Å². The molecule has 1 amide bonds. The van der Waals surface area contributed by atoms with E-state index in [-0.39, 0.29) is 5.91 Å². The number of benzene rings is 1. The second-order valence-electron chi connectivity index (χ2n) is 6.15. The molecular weight excluding hydrogens is 248 g/mol. The summed E-state index contributed by atoms with van der Waals surface area (Å²) in [5.74, 6) is 0.734. The molecule has 0 unspecified atom stereocenters. The molecule has 3 heteroatoms. The molecule has 1 aromatic rings. The first-order valence-electron chi connectivity index (χ1n) is 7.63. The van der Waals surface area contributed by atoms with E-state index in [2.05, 4.69) is 35.6 Å². The van der Waals surface area contributed by atoms with Crippen LogP contribution in [0.3, 0.4) is 0 Å². The molecule has 0 heterocycles. The van der Waals surface area contributed by atoms with Crippen molar-refractivity contribution in [1.29, 1.82) is 0 Å². The van der Waals surface area contributed by atoms with E-state index in [0.717, 1.165) is 12.8 Å². The van der Waals surface area contributed by atoms with Crippen LogP contribution in [0.4, 0.5) is 0 Å². The van der Waals surface area contributed by atoms with Crippen LogP contribution < -0.4 is 5.32 Å². The smallest absolute Gasteiger partial charge is 0.234 e. The molecule has 110 valence electrons. The van der Waals surface area contributed by atoms with Gasteiger partial charge in [0.2, 0.25) is 5.91 Å². The van der Waals surface area contributed by atoms with Crippen LogP contribution in [0.1, 0.15) is 31.2 Å². The first kappa shape index (κ1) is 15.0. The van der Waals surface area contributed by atoms with Crippen molar-refractivity contribution in [3.05, 3.63) is 35.9 Å². The fourth-order valence-electron chi connectivity index (χ4n) is 3.10. The maximum atomic E-state index is 12.0. The number of nitrogens with one attached hydrogen (secondary N) is 1. The topological polar surface area (TPSA) is 32.3 Å². The number of amides is 1. The highest BCUT2D eigenvalue weighted by atomic mass is 16.2. The Morgan fingerprint density at radius 1 is 1.20 bits per heavy atom. The Bertz CT molecular complexity index is 416. The van der Waals surface area contributed by atoms with Gasteiger partial charge in [0, 0.05) is 6.04 Å². The van der Waals surface area contributed by atoms with Crippen LogP contribution in [0.25, 0.3) is 0 Å². The number of likely N-dealkylation sites (N-methyl/N-ethyl adjacent to an activating group) is 1. The lowest BCUT2D eigenvalue weighted by molar-refractivity contribution is -0.123. The van der Waals surface area contributed by atoms with E-state index in [1.54, 1.807) is 0 Å². The molecule has 0 saturated heterocycles. The lowest BCUT2D eigenvalue weighted by atomic mass is 9.80. The van der Waals surface area contributed by atoms with Gasteiger partial charge in [0.25, 0.3) is 0 Å². The molecule has 1 aliphatic rings. The van der Waals surface area contributed by atoms with Crippen LogP contribution in [0.5, 0.6) is 0 Å². The largest absolute Gasteiger partial charge is 0.352 e. The zero-order valence-corrected chi connectivity index (χ0v) is 12.6. The van der Waals surface area contributed by atoms with Crippen molar-refractivity contribution in [1.82, 2.24) is 10.2 Å². The molecule has 20 heavy (non-hydrogen) atoms. The van der Waals surface area contributed by atoms with Crippen molar-refractivity contribution in [2.75, 3.05) is 20.6 Å². The number of rotatable bonds is 5. The van der Waals surface area contributed by atoms with Crippen LogP contribution in [0.2, 0.25) is 0 Å². The molecule has 1 saturated carbocycles. The Morgan fingerprint density at radius 2 is 1.90 bits per heavy atom. The first-order valence-corrected chi connectivity index (χ1v) is 7.63. The third kappa shape index (κ3) is 4.64. The molecule has 0 bridgehead atoms. The average molecular weight is 274 g/mol. The van der Waals surface area contributed by atoms with Gasteiger partial charge in [-0.25, -0.2) is 0 Å². The minimum Gasteiger partial charge on any atom is -0.352 e. The molecular formula is C17H26N2O. The zero-order valence-electron chi connectivity index (χ0n) is 12.6. The molecule has 2 atom stereocenters. The molecule has 1 aliphatic carbocycles. The zero-order chi connectivity index (χ0) is 14.4. The number of hydrogen-bond donors (Lipinski definition) is 1. The molecule has 2 rings (SSSR count). The summed E-state index contributed by atoms with van der Waals surface area (Å²) in [6.07, 6.45) is 5.95. The lowest BCUT2D eigenvalue weighted by Gasteiger charge is -2.32. The van der Waals surface area contributed by atoms with Crippen LogP contribution in [-0.4, -0.2) is 37.5 Å². The van der Waals surface area contributed by atoms with E-state index < -0.39 is 0 Å². The molecule has 1 aromatic carbocycles. The number of nitrogens with zero attached hydrogens (tertiary/aromatic N) is 1. The Hall–Kier alpha value is -1.35. The summed E-state index contributed by atoms with van der Waals surface area (Å²) < 4.78 is 0. The van der Waals surface area contributed by atoms with Gasteiger partial charge in [-0.1, -0.05) is 43.2 Å². The van der Waals surface area contributed by atoms with Crippen molar-refractivity contribution in [3.8, 4) is 0 Å². The number of hydrogen-bond acceptors (Lipinski definition) is 2. The van der Waals surface area contributed by atoms with Gasteiger partial charge in [-0.3, -0.25) is 4.79 Å². The predicted molar refractivity (Wildman–Crippen MR) is 82.6 cm³/mol. The third-order valence-electron chi connectivity index (χ3n) is 4.06. The fourth-order valence-corrected chi connectivity index (χ4v) is 3.10. The van der Waals surface area contributed by atoms with Crippen molar-refractivity contribution in [2.45, 2.75) is 38.1 Å². The normalized spacial score (nSPS) is 22.8. The monoisotopic (exact) mass is 274 g/mol. The first-order chi connectivity index (χ1) is 9.65. The fraction of sp³-hybridized carbons (Fsp3) is 0.588. The molecule has 0 aliphatic heterocycles. The van der Waals surface area contributed by atoms with E-state index in [0.29, 0.717) is 18.5 Å². The van der Waals surface area contributed by atoms with Gasteiger partial charge in [-0.2, -0.15) is 0 Å². The second kappa shape index (κ2) is 7.44. The van der Waals surface area contributed by atoms with E-state index in [9.17, 15) is 4.79 Å². The molecule has 0 aromatic heterocycles. The van der Waals surface area contributed by atoms with Crippen LogP contribution in [0, 0.1) is 5.92 Å². The highest BCUT2D eigenvalue weighted by Gasteiger charge is 2.26. The Morgan fingerprint density at radius 3 is 2.60 bits per heavy atom. The Labute approximate surface area is 122 Å². The van der Waals surface area contributed by atoms with Gasteiger partial charge in [-0.15, -0.1) is 0 Å². The lowest BCUT2D eigenvalue weighted by Crippen LogP contribution is -2.45. The summed E-state index contributed by atoms with van der Waals surface area (Å²) >= 11 is 0. The van der Waals surface area contributed by atoms with E-state index >= 15 is 0 Å². The average Bonchev–Trinajstić information content (AvgIpc) is 2.41. The third-order valence-corrected chi connectivity index (χ3v) is 4.06. The SMILES string of the molecule is CN(C)CC(=O)N[C@H]1CCCC[C@H]1Cc1ccccc1. The van der Waals surface area contributed by atoms with Crippen molar-refractivity contribution >= 4 is 5.91 Å². The summed E-state index contributed by atoms with van der Waals surface area (Å²) in [4.78, 5) is 13.9. The van der Waals surface area contributed by atoms with Gasteiger partial charge < -0.3 is 10.2 Å². The number of carbonyl (C=O) groups is 1. The standard InChI is InChI=1S/C17H26N2O/c1-19(2)13-17(20)18-16-11-7-6-10-15(16)12-14-8-4-3-5-9-14/h3-5,8-9,15-16H,6-7,10-13H2,1-2H3,(H,18,20)/t15-,16-/m0/s1. The summed E-state index contributed by atoms with van der Waals surface area (Å²) in [6.45, 7) is 0.481. The van der Waals surface area contributed by atoms with E-state index in [1.807, 2.05) is 19.0 Å². The Balaban J connectivity index is 1.93. The summed E-state index contributed by atoms with van der Waals surface area (Å²) in [5, 5.41) is 3.24. The van der Waals surface area contributed by atoms with E-state index in [1.165, 1.54) is 24.8 Å². The van der Waals surface area contributed by atoms with Gasteiger partial charge >= 0.3 is 0 Å². The maximum Gasteiger partial charge on any atom is 0.234 e. The molecule has 0 radical (unpaired) electrons. The predicted octanol–water partition coefficient (Wildman–Crippen LogP) is 2.47. The maximum absolute atomic E-state index is 12.0. The summed E-state index contributed by atoms with van der Waals surface area (Å²) in [6, 6.07) is 11.0. The van der Waals surface area contributed by atoms with Crippen LogP contribution in [0.15, 0.2) is 30.3 Å². The molecule has 1 N–H and O–H groups in total. The van der Waals surface area contributed by atoms with Gasteiger partial charge in [-0.05, 0) is 44.8 Å². The van der Waals surface area contributed by atoms with Gasteiger partial charge in [0.1, 0.15) is 0 Å². The van der Waals surface area contributed by atoms with Gasteiger partial charge in [0.05, 0.1) is 6.54 Å². The molecule has 3 nitrogen and oxygen atoms in total. The van der Waals surface area contributed by atoms with E-state index in [4.69, 9.17) is 0 Å². The minimum absolute atomic E-state index is 0.153. The summed E-state index contributed by atoms with van der Waals surface area (Å²) in [5.41, 5.74) is 1.38. The highest BCUT2D eigenvalue weighted by Crippen LogP contribution is 2.27. The minimum atomic E-state index is 0.153. The Kier molecular flexibility index (Phi) is 5.60. The molecule has 0 spiro atoms. The second-order valence-corrected chi connectivity index (χ2v) is 6.15. The van der Waals surface area contributed by atoms with Crippen molar-refractivity contribution in [3.63, 3.8) is 0 Å². The van der Waals surface area contributed by atoms with Crippen LogP contribution in [-0.2, 0) is 11.2 Å². The van der Waals surface area contributed by atoms with Crippen LogP contribution >= 0.6 is 0 Å².